The molecule has 3 heterocycles. The second-order valence-electron chi connectivity index (χ2n) is 11.7. The van der Waals surface area contributed by atoms with Crippen molar-refractivity contribution in [2.75, 3.05) is 43.7 Å². The molecule has 2 aliphatic heterocycles. The fraction of sp³-hybridized carbons (Fsp3) is 0.263. The lowest BCUT2D eigenvalue weighted by atomic mass is 9.69. The fourth-order valence-corrected chi connectivity index (χ4v) is 6.30. The normalized spacial score (nSPS) is 19.6. The number of nitrogens with two attached hydrogens (primary N) is 2. The summed E-state index contributed by atoms with van der Waals surface area (Å²) in [4.78, 5) is 38.9. The fourth-order valence-electron chi connectivity index (χ4n) is 6.30. The first-order valence-electron chi connectivity index (χ1n) is 15.7. The number of aliphatic carboxylic acids is 1. The Balaban J connectivity index is 1.62. The van der Waals surface area contributed by atoms with Crippen LogP contribution in [0.15, 0.2) is 72.9 Å². The number of carbonyl (C=O) groups is 2. The first-order valence-corrected chi connectivity index (χ1v) is 15.7. The zero-order valence-corrected chi connectivity index (χ0v) is 27.1. The number of fused-ring (bicyclic) bond motifs is 1. The molecule has 0 saturated carbocycles. The number of Topliss-reactive ketones (excluding diaryl/α,β-unsaturated/α-hetero) is 1. The summed E-state index contributed by atoms with van der Waals surface area (Å²) in [5.74, 6) is 11.2. The van der Waals surface area contributed by atoms with Gasteiger partial charge in [0.15, 0.2) is 5.78 Å². The number of nitrogen functional groups attached to an aromatic ring is 2. The van der Waals surface area contributed by atoms with Gasteiger partial charge in [-0.15, -0.1) is 0 Å². The molecule has 1 fully saturated rings. The van der Waals surface area contributed by atoms with E-state index >= 15 is 4.79 Å². The molecular formula is C38H35N5O6. The van der Waals surface area contributed by atoms with Crippen molar-refractivity contribution in [1.29, 1.82) is 0 Å². The number of ether oxygens (including phenoxy) is 3. The van der Waals surface area contributed by atoms with Crippen molar-refractivity contribution in [2.24, 2.45) is 5.41 Å². The first kappa shape index (κ1) is 32.9. The molecule has 1 aromatic heterocycles. The van der Waals surface area contributed by atoms with Crippen LogP contribution < -0.4 is 25.8 Å². The number of hydrogen-bond donors (Lipinski definition) is 3. The Hall–Kier alpha value is -6.04. The Labute approximate surface area is 284 Å². The highest BCUT2D eigenvalue weighted by Crippen LogP contribution is 2.44. The van der Waals surface area contributed by atoms with Gasteiger partial charge in [0.25, 0.3) is 0 Å². The molecule has 248 valence electrons. The number of carbonyl (C=O) groups excluding carboxylic acids is 1. The van der Waals surface area contributed by atoms with Gasteiger partial charge in [-0.1, -0.05) is 60.1 Å². The summed E-state index contributed by atoms with van der Waals surface area (Å²) in [5, 5.41) is 11.2. The van der Waals surface area contributed by atoms with E-state index in [0.29, 0.717) is 46.0 Å². The molecule has 3 aromatic carbocycles. The maximum Gasteiger partial charge on any atom is 0.333 e. The van der Waals surface area contributed by atoms with Gasteiger partial charge in [0, 0.05) is 42.6 Å². The van der Waals surface area contributed by atoms with Crippen LogP contribution >= 0.6 is 0 Å². The molecule has 6 rings (SSSR count). The van der Waals surface area contributed by atoms with E-state index in [1.165, 1.54) is 20.4 Å². The zero-order valence-electron chi connectivity index (χ0n) is 27.1. The Bertz CT molecular complexity index is 2040. The van der Waals surface area contributed by atoms with E-state index in [1.54, 1.807) is 48.5 Å². The van der Waals surface area contributed by atoms with E-state index in [0.717, 1.165) is 12.8 Å². The van der Waals surface area contributed by atoms with Crippen LogP contribution in [-0.2, 0) is 16.0 Å². The maximum absolute atomic E-state index is 15.1. The molecule has 0 aliphatic carbocycles. The first-order chi connectivity index (χ1) is 23.8. The van der Waals surface area contributed by atoms with Gasteiger partial charge in [0.05, 0.1) is 31.5 Å². The van der Waals surface area contributed by atoms with E-state index in [2.05, 4.69) is 33.6 Å². The van der Waals surface area contributed by atoms with Crippen molar-refractivity contribution in [3.05, 3.63) is 101 Å². The van der Waals surface area contributed by atoms with Crippen molar-refractivity contribution >= 4 is 29.2 Å². The topological polar surface area (TPSA) is 163 Å². The smallest absolute Gasteiger partial charge is 0.333 e. The number of carboxylic acids is 1. The molecule has 0 amide bonds. The molecule has 0 radical (unpaired) electrons. The molecule has 2 aliphatic rings. The summed E-state index contributed by atoms with van der Waals surface area (Å²) in [5.41, 5.74) is 12.3. The monoisotopic (exact) mass is 657 g/mol. The summed E-state index contributed by atoms with van der Waals surface area (Å²) < 4.78 is 17.1. The zero-order chi connectivity index (χ0) is 34.5. The molecule has 3 atom stereocenters. The van der Waals surface area contributed by atoms with Gasteiger partial charge in [-0.05, 0) is 48.7 Å². The molecule has 4 aromatic rings. The van der Waals surface area contributed by atoms with Crippen molar-refractivity contribution in [3.8, 4) is 35.2 Å². The number of nitrogens with zero attached hydrogens (tertiary/aromatic N) is 3. The number of methoxy groups -OCH3 is 2. The van der Waals surface area contributed by atoms with Gasteiger partial charge in [0.1, 0.15) is 23.4 Å². The molecule has 1 saturated heterocycles. The van der Waals surface area contributed by atoms with Crippen molar-refractivity contribution in [2.45, 2.75) is 31.4 Å². The predicted octanol–water partition coefficient (Wildman–Crippen LogP) is 3.97. The van der Waals surface area contributed by atoms with Crippen LogP contribution in [0.2, 0.25) is 0 Å². The van der Waals surface area contributed by atoms with Gasteiger partial charge in [-0.3, -0.25) is 4.79 Å². The van der Waals surface area contributed by atoms with Crippen LogP contribution in [-0.4, -0.2) is 66.3 Å². The highest BCUT2D eigenvalue weighted by atomic mass is 16.5. The minimum Gasteiger partial charge on any atom is -0.495 e. The number of anilines is 3. The third kappa shape index (κ3) is 6.32. The van der Waals surface area contributed by atoms with E-state index in [4.69, 9.17) is 25.7 Å². The van der Waals surface area contributed by atoms with E-state index in [9.17, 15) is 9.90 Å². The highest BCUT2D eigenvalue weighted by Gasteiger charge is 2.58. The predicted molar refractivity (Wildman–Crippen MR) is 184 cm³/mol. The Morgan fingerprint density at radius 1 is 1.00 bits per heavy atom. The van der Waals surface area contributed by atoms with Crippen LogP contribution in [0.25, 0.3) is 0 Å². The van der Waals surface area contributed by atoms with Gasteiger partial charge in [-0.25, -0.2) is 9.78 Å². The molecule has 49 heavy (non-hydrogen) atoms. The summed E-state index contributed by atoms with van der Waals surface area (Å²) in [6.45, 7) is 0.851. The van der Waals surface area contributed by atoms with Gasteiger partial charge >= 0.3 is 5.97 Å². The SMILES string of the molecule is COc1ccccc1C#CC1N(CC2CCCO2)c2cccc(Cc3cnc(N)nc3N)c2C(=O)C1(C#Cc1ccccc1OC)C(=O)O. The summed E-state index contributed by atoms with van der Waals surface area (Å²) in [7, 11) is 3.03. The summed E-state index contributed by atoms with van der Waals surface area (Å²) in [6, 6.07) is 18.3. The molecule has 11 nitrogen and oxygen atoms in total. The van der Waals surface area contributed by atoms with Gasteiger partial charge < -0.3 is 35.7 Å². The highest BCUT2D eigenvalue weighted by molar-refractivity contribution is 6.21. The minimum atomic E-state index is -2.35. The van der Waals surface area contributed by atoms with Gasteiger partial charge in [0.2, 0.25) is 11.4 Å². The second-order valence-corrected chi connectivity index (χ2v) is 11.7. The molecular weight excluding hydrogens is 622 g/mol. The number of carboxylic acid groups (broad SMARTS) is 1. The quantitative estimate of drug-likeness (QED) is 0.195. The lowest BCUT2D eigenvalue weighted by Gasteiger charge is -2.44. The number of benzene rings is 3. The molecule has 0 spiro atoms. The third-order valence-electron chi connectivity index (χ3n) is 8.76. The number of para-hydroxylation sites is 2. The number of hydrogen-bond acceptors (Lipinski definition) is 10. The summed E-state index contributed by atoms with van der Waals surface area (Å²) >= 11 is 0. The van der Waals surface area contributed by atoms with Crippen LogP contribution in [0.4, 0.5) is 17.5 Å². The van der Waals surface area contributed by atoms with Crippen LogP contribution in [0, 0.1) is 29.1 Å². The largest absolute Gasteiger partial charge is 0.495 e. The lowest BCUT2D eigenvalue weighted by Crippen LogP contribution is -2.60. The average Bonchev–Trinajstić information content (AvgIpc) is 3.63. The molecule has 3 unspecified atom stereocenters. The standard InChI is InChI=1S/C38H35N5O6/c1-47-30-14-5-3-9-24(30)16-17-32-38(36(45)46,19-18-25-10-4-6-15-31(25)48-2)34(44)33-26(21-27-22-41-37(40)42-35(27)39)11-7-13-29(33)43(32)23-28-12-8-20-49-28/h3-7,9-11,13-15,22,28,32H,8,12,20-21,23H2,1-2H3,(H,45,46)(H4,39,40,41,42). The number of rotatable bonds is 7. The van der Waals surface area contributed by atoms with E-state index in [1.807, 2.05) is 23.1 Å². The van der Waals surface area contributed by atoms with Crippen LogP contribution in [0.5, 0.6) is 11.5 Å². The summed E-state index contributed by atoms with van der Waals surface area (Å²) in [6.07, 6.45) is 3.04. The van der Waals surface area contributed by atoms with Crippen molar-refractivity contribution < 1.29 is 28.9 Å². The van der Waals surface area contributed by atoms with Crippen molar-refractivity contribution in [1.82, 2.24) is 9.97 Å². The Kier molecular flexibility index (Phi) is 9.38. The average molecular weight is 658 g/mol. The molecule has 11 heteroatoms. The molecule has 0 bridgehead atoms. The molecule has 5 N–H and O–H groups in total. The van der Waals surface area contributed by atoms with E-state index < -0.39 is 23.2 Å². The van der Waals surface area contributed by atoms with Gasteiger partial charge in [-0.2, -0.15) is 4.98 Å². The Morgan fingerprint density at radius 3 is 2.33 bits per heavy atom. The van der Waals surface area contributed by atoms with E-state index in [-0.39, 0.29) is 36.4 Å². The number of ketones is 1. The van der Waals surface area contributed by atoms with Crippen LogP contribution in [0.3, 0.4) is 0 Å². The third-order valence-corrected chi connectivity index (χ3v) is 8.76. The lowest BCUT2D eigenvalue weighted by molar-refractivity contribution is -0.143. The second kappa shape index (κ2) is 14.0. The maximum atomic E-state index is 15.1. The number of aromatic nitrogens is 2. The van der Waals surface area contributed by atoms with Crippen LogP contribution in [0.1, 0.15) is 45.5 Å². The minimum absolute atomic E-state index is 0.0168. The van der Waals surface area contributed by atoms with Crippen molar-refractivity contribution in [3.63, 3.8) is 0 Å². The Morgan fingerprint density at radius 2 is 1.69 bits per heavy atom.